The molecule has 0 unspecified atom stereocenters. The fourth-order valence-electron chi connectivity index (χ4n) is 0.736. The minimum absolute atomic E-state index is 0.236. The molecule has 0 radical (unpaired) electrons. The van der Waals surface area contributed by atoms with Crippen LogP contribution in [0.15, 0.2) is 30.3 Å². The van der Waals surface area contributed by atoms with Crippen LogP contribution < -0.4 is 0 Å². The van der Waals surface area contributed by atoms with Crippen LogP contribution in [0.25, 0.3) is 0 Å². The lowest BCUT2D eigenvalue weighted by Crippen LogP contribution is -1.99. The van der Waals surface area contributed by atoms with Crippen molar-refractivity contribution in [1.82, 2.24) is 0 Å². The topological polar surface area (TPSA) is 55.0 Å². The summed E-state index contributed by atoms with van der Waals surface area (Å²) in [5, 5.41) is 0. The van der Waals surface area contributed by atoms with Crippen molar-refractivity contribution < 1.29 is 9.58 Å². The molecule has 1 N–H and O–H groups in total. The molecule has 1 aromatic carbocycles. The monoisotopic (exact) mass is 177 g/mol. The lowest BCUT2D eigenvalue weighted by Gasteiger charge is -1.86. The Balaban J connectivity index is 0.000000671. The third kappa shape index (κ3) is 3.99. The number of benzene rings is 1. The summed E-state index contributed by atoms with van der Waals surface area (Å²) in [4.78, 5) is 13.9. The highest BCUT2D eigenvalue weighted by Gasteiger charge is 2.05. The number of nitrogens with one attached hydrogen (secondary N) is 1. The van der Waals surface area contributed by atoms with E-state index in [1.807, 2.05) is 19.9 Å². The first-order valence-electron chi connectivity index (χ1n) is 4.14. The number of Topliss-reactive ketones (excluding diaryl/α,β-unsaturated/α-hetero) is 1. The summed E-state index contributed by atoms with van der Waals surface area (Å²) in [7, 11) is 0. The Labute approximate surface area is 77.6 Å². The van der Waals surface area contributed by atoms with E-state index in [0.29, 0.717) is 5.56 Å². The zero-order chi connectivity index (χ0) is 10.1. The number of carbonyl (C=O) groups excluding carboxylic acids is 1. The predicted octanol–water partition coefficient (Wildman–Crippen LogP) is 2.21. The van der Waals surface area contributed by atoms with E-state index >= 15 is 0 Å². The highest BCUT2D eigenvalue weighted by molar-refractivity contribution is 6.33. The molecule has 0 amide bonds. The quantitative estimate of drug-likeness (QED) is 0.320. The van der Waals surface area contributed by atoms with E-state index in [2.05, 4.69) is 4.79 Å². The minimum Gasteiger partial charge on any atom is -0.281 e. The normalized spacial score (nSPS) is 7.54. The highest BCUT2D eigenvalue weighted by atomic mass is 16.1. The van der Waals surface area contributed by atoms with Gasteiger partial charge in [-0.1, -0.05) is 44.2 Å². The van der Waals surface area contributed by atoms with Gasteiger partial charge in [0.05, 0.1) is 10.3 Å². The van der Waals surface area contributed by atoms with Gasteiger partial charge in [0.15, 0.2) is 0 Å². The molecule has 0 atom stereocenters. The molecule has 0 aliphatic rings. The number of hydrogen-bond donors (Lipinski definition) is 1. The second-order valence-electron chi connectivity index (χ2n) is 1.99. The summed E-state index contributed by atoms with van der Waals surface area (Å²) < 4.78 is 0. The van der Waals surface area contributed by atoms with Crippen molar-refractivity contribution in [3.05, 3.63) is 35.9 Å². The molecule has 0 saturated carbocycles. The predicted molar refractivity (Wildman–Crippen MR) is 51.2 cm³/mol. The maximum absolute atomic E-state index is 11.0. The first-order chi connectivity index (χ1) is 6.34. The van der Waals surface area contributed by atoms with Crippen LogP contribution in [0.1, 0.15) is 24.2 Å². The van der Waals surface area contributed by atoms with Gasteiger partial charge < -0.3 is 0 Å². The van der Waals surface area contributed by atoms with Gasteiger partial charge in [-0.25, -0.2) is 0 Å². The van der Waals surface area contributed by atoms with Gasteiger partial charge in [0.1, 0.15) is 0 Å². The van der Waals surface area contributed by atoms with Crippen molar-refractivity contribution in [3.8, 4) is 0 Å². The number of ketones is 1. The van der Waals surface area contributed by atoms with Crippen molar-refractivity contribution in [2.24, 2.45) is 0 Å². The van der Waals surface area contributed by atoms with E-state index < -0.39 is 0 Å². The van der Waals surface area contributed by atoms with E-state index in [1.54, 1.807) is 24.3 Å². The fraction of sp³-hybridized carbons (Fsp3) is 0.200. The van der Waals surface area contributed by atoms with Crippen LogP contribution in [-0.2, 0) is 0 Å². The van der Waals surface area contributed by atoms with Gasteiger partial charge in [0, 0.05) is 5.56 Å². The van der Waals surface area contributed by atoms with Gasteiger partial charge >= 0.3 is 6.21 Å². The molecule has 1 aromatic rings. The van der Waals surface area contributed by atoms with Gasteiger partial charge in [0.2, 0.25) is 0 Å². The van der Waals surface area contributed by atoms with Gasteiger partial charge in [-0.3, -0.25) is 4.79 Å². The van der Waals surface area contributed by atoms with Crippen molar-refractivity contribution in [3.63, 3.8) is 0 Å². The van der Waals surface area contributed by atoms with Crippen molar-refractivity contribution in [2.45, 2.75) is 13.8 Å². The summed E-state index contributed by atoms with van der Waals surface area (Å²) in [6, 6.07) is 8.73. The Morgan fingerprint density at radius 3 is 2.31 bits per heavy atom. The summed E-state index contributed by atoms with van der Waals surface area (Å²) in [6.45, 7) is 4.00. The molecule has 0 bridgehead atoms. The molecule has 0 saturated heterocycles. The summed E-state index contributed by atoms with van der Waals surface area (Å²) in [5.41, 5.74) is 6.99. The maximum Gasteiger partial charge on any atom is 0.377 e. The third-order valence-corrected chi connectivity index (χ3v) is 1.24. The standard InChI is InChI=1S/C8H7N2O.C2H6/c9-10-6-8(11)7-4-2-1-3-5-7;1-2/h1-6,9H;1-2H3/q+1;. The molecule has 0 heterocycles. The Hall–Kier alpha value is -1.73. The Morgan fingerprint density at radius 2 is 1.85 bits per heavy atom. The maximum atomic E-state index is 11.0. The van der Waals surface area contributed by atoms with E-state index in [1.165, 1.54) is 0 Å². The van der Waals surface area contributed by atoms with Crippen LogP contribution in [0.4, 0.5) is 0 Å². The van der Waals surface area contributed by atoms with Gasteiger partial charge in [-0.2, -0.15) is 0 Å². The zero-order valence-corrected chi connectivity index (χ0v) is 7.82. The molecule has 0 aromatic heterocycles. The molecular formula is C10H13N2O+. The molecule has 0 aliphatic heterocycles. The molecule has 3 heteroatoms. The fourth-order valence-corrected chi connectivity index (χ4v) is 0.736. The molecule has 0 aliphatic carbocycles. The minimum atomic E-state index is -0.236. The third-order valence-electron chi connectivity index (χ3n) is 1.24. The zero-order valence-electron chi connectivity index (χ0n) is 7.82. The average molecular weight is 177 g/mol. The number of carbonyl (C=O) groups is 1. The Kier molecular flexibility index (Phi) is 6.02. The average Bonchev–Trinajstić information content (AvgIpc) is 2.23. The van der Waals surface area contributed by atoms with Crippen molar-refractivity contribution in [2.75, 3.05) is 0 Å². The van der Waals surface area contributed by atoms with Crippen LogP contribution in [0.2, 0.25) is 0 Å². The van der Waals surface area contributed by atoms with Crippen molar-refractivity contribution in [1.29, 1.82) is 5.53 Å². The molecule has 3 nitrogen and oxygen atoms in total. The second kappa shape index (κ2) is 6.95. The number of nitrogens with zero attached hydrogens (tertiary/aromatic N) is 1. The van der Waals surface area contributed by atoms with Crippen LogP contribution in [0.5, 0.6) is 0 Å². The Morgan fingerprint density at radius 1 is 1.31 bits per heavy atom. The second-order valence-corrected chi connectivity index (χ2v) is 1.99. The van der Waals surface area contributed by atoms with Crippen LogP contribution in [0, 0.1) is 5.53 Å². The largest absolute Gasteiger partial charge is 0.377 e. The Bertz CT molecular complexity index is 300. The number of hydrogen-bond acceptors (Lipinski definition) is 2. The first kappa shape index (κ1) is 11.3. The lowest BCUT2D eigenvalue weighted by atomic mass is 10.1. The van der Waals surface area contributed by atoms with E-state index in [4.69, 9.17) is 5.53 Å². The van der Waals surface area contributed by atoms with Crippen LogP contribution in [-0.4, -0.2) is 16.8 Å². The van der Waals surface area contributed by atoms with Gasteiger partial charge in [-0.05, 0) is 0 Å². The SMILES string of the molecule is CC.N=[N+]=CC(=O)c1ccccc1. The van der Waals surface area contributed by atoms with E-state index in [9.17, 15) is 4.79 Å². The van der Waals surface area contributed by atoms with Crippen molar-refractivity contribution >= 4 is 12.0 Å². The van der Waals surface area contributed by atoms with Crippen LogP contribution in [0.3, 0.4) is 0 Å². The summed E-state index contributed by atoms with van der Waals surface area (Å²) >= 11 is 0. The molecule has 13 heavy (non-hydrogen) atoms. The van der Waals surface area contributed by atoms with E-state index in [-0.39, 0.29) is 5.78 Å². The highest BCUT2D eigenvalue weighted by Crippen LogP contribution is 1.96. The number of rotatable bonds is 2. The molecule has 68 valence electrons. The first-order valence-corrected chi connectivity index (χ1v) is 4.14. The molecular weight excluding hydrogens is 164 g/mol. The molecule has 0 fully saturated rings. The smallest absolute Gasteiger partial charge is 0.281 e. The molecule has 1 rings (SSSR count). The van der Waals surface area contributed by atoms with Gasteiger partial charge in [0.25, 0.3) is 5.78 Å². The molecule has 0 spiro atoms. The summed E-state index contributed by atoms with van der Waals surface area (Å²) in [5.74, 6) is -0.236. The lowest BCUT2D eigenvalue weighted by molar-refractivity contribution is -0.111. The van der Waals surface area contributed by atoms with E-state index in [0.717, 1.165) is 6.21 Å². The summed E-state index contributed by atoms with van der Waals surface area (Å²) in [6.07, 6.45) is 0.981. The van der Waals surface area contributed by atoms with Crippen LogP contribution >= 0.6 is 0 Å². The van der Waals surface area contributed by atoms with Gasteiger partial charge in [-0.15, -0.1) is 0 Å².